The Labute approximate surface area is 212 Å². The molecule has 0 radical (unpaired) electrons. The quantitative estimate of drug-likeness (QED) is 0.306. The second-order valence-corrected chi connectivity index (χ2v) is 8.59. The highest BCUT2D eigenvalue weighted by molar-refractivity contribution is 7.14. The first-order chi connectivity index (χ1) is 17.6. The van der Waals surface area contributed by atoms with Crippen LogP contribution < -0.4 is 19.5 Å². The minimum atomic E-state index is -0.332. The van der Waals surface area contributed by atoms with Gasteiger partial charge in [-0.25, -0.2) is 4.98 Å². The fraction of sp³-hybridized carbons (Fsp3) is 0.185. The molecule has 0 saturated carbocycles. The number of aryl methyl sites for hydroxylation is 1. The molecule has 0 aliphatic carbocycles. The number of hydrogen-bond acceptors (Lipinski definition) is 8. The molecule has 0 bridgehead atoms. The van der Waals surface area contributed by atoms with Gasteiger partial charge >= 0.3 is 0 Å². The number of nitrogens with one attached hydrogen (secondary N) is 1. The van der Waals surface area contributed by atoms with Crippen molar-refractivity contribution < 1.29 is 23.8 Å². The molecule has 2 aromatic heterocycles. The molecular weight excluding hydrogens is 478 g/mol. The maximum Gasteiger partial charge on any atom is 0.257 e. The largest absolute Gasteiger partial charge is 0.497 e. The number of Topliss-reactive ketones (excluding diaryl/α,β-unsaturated/α-hetero) is 1. The molecule has 2 aromatic carbocycles. The third-order valence-electron chi connectivity index (χ3n) is 5.31. The Bertz CT molecular complexity index is 1320. The molecule has 0 saturated heterocycles. The van der Waals surface area contributed by atoms with Crippen LogP contribution in [0.1, 0.15) is 22.5 Å². The van der Waals surface area contributed by atoms with Crippen LogP contribution in [0, 0.1) is 0 Å². The predicted octanol–water partition coefficient (Wildman–Crippen LogP) is 5.06. The van der Waals surface area contributed by atoms with E-state index in [0.717, 1.165) is 22.7 Å². The standard InChI is InChI=1S/C27H25N3O5S/c1-33-22-11-6-18(7-12-22)23-17-36-27(29-23)30-26(32)19-8-13-24(25(15-19)34-2)35-16-21(31)10-9-20-5-3-4-14-28-20/h3-8,11-15,17H,9-10,16H2,1-2H3,(H,29,30,32). The summed E-state index contributed by atoms with van der Waals surface area (Å²) in [5.41, 5.74) is 2.91. The van der Waals surface area contributed by atoms with Gasteiger partial charge in [-0.1, -0.05) is 6.07 Å². The molecule has 0 spiro atoms. The van der Waals surface area contributed by atoms with Gasteiger partial charge in [-0.15, -0.1) is 11.3 Å². The van der Waals surface area contributed by atoms with Gasteiger partial charge in [-0.2, -0.15) is 0 Å². The van der Waals surface area contributed by atoms with E-state index in [-0.39, 0.29) is 18.3 Å². The van der Waals surface area contributed by atoms with E-state index in [1.54, 1.807) is 31.5 Å². The van der Waals surface area contributed by atoms with Gasteiger partial charge in [0, 0.05) is 34.8 Å². The summed E-state index contributed by atoms with van der Waals surface area (Å²) in [5.74, 6) is 1.12. The van der Waals surface area contributed by atoms with E-state index < -0.39 is 0 Å². The van der Waals surface area contributed by atoms with Crippen LogP contribution in [-0.4, -0.2) is 42.5 Å². The molecule has 0 fully saturated rings. The van der Waals surface area contributed by atoms with Gasteiger partial charge in [-0.3, -0.25) is 19.9 Å². The Hall–Kier alpha value is -4.24. The zero-order valence-electron chi connectivity index (χ0n) is 19.9. The molecule has 0 aliphatic rings. The van der Waals surface area contributed by atoms with E-state index in [9.17, 15) is 9.59 Å². The van der Waals surface area contributed by atoms with Crippen LogP contribution in [0.5, 0.6) is 17.2 Å². The summed E-state index contributed by atoms with van der Waals surface area (Å²) >= 11 is 1.33. The first-order valence-corrected chi connectivity index (χ1v) is 12.1. The zero-order chi connectivity index (χ0) is 25.3. The normalized spacial score (nSPS) is 10.5. The van der Waals surface area contributed by atoms with E-state index in [4.69, 9.17) is 14.2 Å². The fourth-order valence-corrected chi connectivity index (χ4v) is 4.08. The Morgan fingerprint density at radius 3 is 2.53 bits per heavy atom. The molecular formula is C27H25N3O5S. The number of ether oxygens (including phenoxy) is 3. The number of thiazole rings is 1. The Morgan fingerprint density at radius 2 is 1.81 bits per heavy atom. The molecule has 0 aliphatic heterocycles. The average Bonchev–Trinajstić information content (AvgIpc) is 3.39. The lowest BCUT2D eigenvalue weighted by Crippen LogP contribution is -2.14. The molecule has 0 unspecified atom stereocenters. The molecule has 2 heterocycles. The van der Waals surface area contributed by atoms with Crippen molar-refractivity contribution in [2.45, 2.75) is 12.8 Å². The van der Waals surface area contributed by atoms with Crippen molar-refractivity contribution >= 4 is 28.2 Å². The van der Waals surface area contributed by atoms with Crippen molar-refractivity contribution in [3.8, 4) is 28.5 Å². The number of pyridine rings is 1. The summed E-state index contributed by atoms with van der Waals surface area (Å²) in [4.78, 5) is 33.7. The van der Waals surface area contributed by atoms with Crippen LogP contribution in [0.15, 0.2) is 72.2 Å². The first-order valence-electron chi connectivity index (χ1n) is 11.2. The summed E-state index contributed by atoms with van der Waals surface area (Å²) < 4.78 is 16.2. The minimum Gasteiger partial charge on any atom is -0.497 e. The van der Waals surface area contributed by atoms with Crippen LogP contribution in [0.3, 0.4) is 0 Å². The number of carbonyl (C=O) groups excluding carboxylic acids is 2. The third kappa shape index (κ3) is 6.45. The number of rotatable bonds is 11. The molecule has 184 valence electrons. The van der Waals surface area contributed by atoms with Crippen molar-refractivity contribution in [2.24, 2.45) is 0 Å². The molecule has 8 nitrogen and oxygen atoms in total. The van der Waals surface area contributed by atoms with E-state index >= 15 is 0 Å². The van der Waals surface area contributed by atoms with Crippen LogP contribution in [0.2, 0.25) is 0 Å². The summed E-state index contributed by atoms with van der Waals surface area (Å²) in [6, 6.07) is 17.9. The van der Waals surface area contributed by atoms with Crippen LogP contribution >= 0.6 is 11.3 Å². The summed E-state index contributed by atoms with van der Waals surface area (Å²) in [7, 11) is 3.10. The van der Waals surface area contributed by atoms with Gasteiger partial charge < -0.3 is 14.2 Å². The highest BCUT2D eigenvalue weighted by atomic mass is 32.1. The lowest BCUT2D eigenvalue weighted by Gasteiger charge is -2.11. The molecule has 1 amide bonds. The number of hydrogen-bond donors (Lipinski definition) is 1. The number of ketones is 1. The van der Waals surface area contributed by atoms with Gasteiger partial charge in [0.15, 0.2) is 22.4 Å². The Balaban J connectivity index is 1.34. The second-order valence-electron chi connectivity index (χ2n) is 7.73. The predicted molar refractivity (Wildman–Crippen MR) is 138 cm³/mol. The van der Waals surface area contributed by atoms with E-state index in [0.29, 0.717) is 35.0 Å². The van der Waals surface area contributed by atoms with E-state index in [1.807, 2.05) is 47.8 Å². The summed E-state index contributed by atoms with van der Waals surface area (Å²) in [6.07, 6.45) is 2.58. The van der Waals surface area contributed by atoms with E-state index in [2.05, 4.69) is 15.3 Å². The summed E-state index contributed by atoms with van der Waals surface area (Å²) in [6.45, 7) is -0.0952. The van der Waals surface area contributed by atoms with Crippen molar-refractivity contribution in [1.29, 1.82) is 0 Å². The molecule has 0 atom stereocenters. The van der Waals surface area contributed by atoms with Gasteiger partial charge in [0.25, 0.3) is 5.91 Å². The fourth-order valence-electron chi connectivity index (χ4n) is 3.37. The molecule has 4 rings (SSSR count). The number of aromatic nitrogens is 2. The number of methoxy groups -OCH3 is 2. The van der Waals surface area contributed by atoms with Crippen LogP contribution in [0.25, 0.3) is 11.3 Å². The zero-order valence-corrected chi connectivity index (χ0v) is 20.7. The lowest BCUT2D eigenvalue weighted by molar-refractivity contribution is -0.121. The second kappa shape index (κ2) is 11.9. The van der Waals surface area contributed by atoms with Gasteiger partial charge in [0.1, 0.15) is 12.4 Å². The smallest absolute Gasteiger partial charge is 0.257 e. The van der Waals surface area contributed by atoms with Crippen molar-refractivity contribution in [3.63, 3.8) is 0 Å². The number of carbonyl (C=O) groups is 2. The van der Waals surface area contributed by atoms with Gasteiger partial charge in [0.2, 0.25) is 0 Å². The topological polar surface area (TPSA) is 99.6 Å². The molecule has 4 aromatic rings. The number of nitrogens with zero attached hydrogens (tertiary/aromatic N) is 2. The monoisotopic (exact) mass is 503 g/mol. The molecule has 9 heteroatoms. The molecule has 1 N–H and O–H groups in total. The SMILES string of the molecule is COc1ccc(-c2csc(NC(=O)c3ccc(OCC(=O)CCc4ccccn4)c(OC)c3)n2)cc1. The number of amides is 1. The molecule has 36 heavy (non-hydrogen) atoms. The highest BCUT2D eigenvalue weighted by Crippen LogP contribution is 2.30. The highest BCUT2D eigenvalue weighted by Gasteiger charge is 2.15. The van der Waals surface area contributed by atoms with Crippen molar-refractivity contribution in [1.82, 2.24) is 9.97 Å². The number of benzene rings is 2. The Morgan fingerprint density at radius 1 is 0.972 bits per heavy atom. The van der Waals surface area contributed by atoms with Gasteiger partial charge in [-0.05, 0) is 61.0 Å². The van der Waals surface area contributed by atoms with Crippen LogP contribution in [-0.2, 0) is 11.2 Å². The summed E-state index contributed by atoms with van der Waals surface area (Å²) in [5, 5.41) is 5.16. The van der Waals surface area contributed by atoms with E-state index in [1.165, 1.54) is 18.4 Å². The maximum atomic E-state index is 12.8. The lowest BCUT2D eigenvalue weighted by atomic mass is 10.1. The van der Waals surface area contributed by atoms with Crippen molar-refractivity contribution in [3.05, 3.63) is 83.5 Å². The van der Waals surface area contributed by atoms with Crippen molar-refractivity contribution in [2.75, 3.05) is 26.1 Å². The first kappa shape index (κ1) is 24.9. The third-order valence-corrected chi connectivity index (χ3v) is 6.07. The van der Waals surface area contributed by atoms with Gasteiger partial charge in [0.05, 0.1) is 19.9 Å². The maximum absolute atomic E-state index is 12.8. The van der Waals surface area contributed by atoms with Crippen LogP contribution in [0.4, 0.5) is 5.13 Å². The average molecular weight is 504 g/mol. The number of anilines is 1. The minimum absolute atomic E-state index is 0.0547. The Kier molecular flexibility index (Phi) is 8.25.